The zero-order valence-corrected chi connectivity index (χ0v) is 15.1. The van der Waals surface area contributed by atoms with Crippen LogP contribution in [0.4, 0.5) is 11.4 Å². The zero-order chi connectivity index (χ0) is 18.1. The Labute approximate surface area is 153 Å². The van der Waals surface area contributed by atoms with Crippen molar-refractivity contribution in [2.45, 2.75) is 31.5 Å². The van der Waals surface area contributed by atoms with Gasteiger partial charge in [-0.05, 0) is 37.0 Å². The molecule has 3 heterocycles. The largest absolute Gasteiger partial charge is 0.380 e. The molecule has 1 aromatic heterocycles. The molecule has 1 atom stereocenters. The molecule has 0 saturated carbocycles. The van der Waals surface area contributed by atoms with Gasteiger partial charge < -0.3 is 19.9 Å². The summed E-state index contributed by atoms with van der Waals surface area (Å²) in [5.74, 6) is 0. The van der Waals surface area contributed by atoms with E-state index in [1.165, 1.54) is 5.69 Å². The van der Waals surface area contributed by atoms with Crippen molar-refractivity contribution in [1.82, 2.24) is 9.88 Å². The molecule has 2 aliphatic heterocycles. The molecule has 0 spiro atoms. The molecule has 0 radical (unpaired) electrons. The van der Waals surface area contributed by atoms with Crippen LogP contribution in [0.2, 0.25) is 0 Å². The van der Waals surface area contributed by atoms with E-state index in [4.69, 9.17) is 0 Å². The molecule has 1 unspecified atom stereocenters. The number of nitrogens with one attached hydrogen (secondary N) is 2. The van der Waals surface area contributed by atoms with E-state index in [2.05, 4.69) is 39.8 Å². The van der Waals surface area contributed by atoms with Crippen molar-refractivity contribution in [2.75, 3.05) is 29.9 Å². The number of hydrogen-bond acceptors (Lipinski definition) is 5. The van der Waals surface area contributed by atoms with E-state index in [1.807, 2.05) is 6.07 Å². The normalized spacial score (nSPS) is 18.5. The Morgan fingerprint density at radius 3 is 2.69 bits per heavy atom. The quantitative estimate of drug-likeness (QED) is 0.728. The van der Waals surface area contributed by atoms with Crippen molar-refractivity contribution < 1.29 is 5.11 Å². The van der Waals surface area contributed by atoms with Gasteiger partial charge in [0.1, 0.15) is 11.9 Å². The summed E-state index contributed by atoms with van der Waals surface area (Å²) in [6, 6.07) is 10.7. The average Bonchev–Trinajstić information content (AvgIpc) is 3.16. The highest BCUT2D eigenvalue weighted by Crippen LogP contribution is 2.27. The number of aromatic nitrogens is 1. The first-order valence-corrected chi connectivity index (χ1v) is 9.34. The maximum Gasteiger partial charge on any atom is 0.273 e. The number of aliphatic hydroxyl groups excluding tert-OH is 1. The summed E-state index contributed by atoms with van der Waals surface area (Å²) >= 11 is 0. The standard InChI is InChI=1S/C20H26N4O2/c1-23-13-17(16-7-10-21-18(16)20(23)26)19(25)22-14-8-11-24(12-9-14)15-5-3-2-4-6-15/h2-6,13-14,19,21-22,25H,7-12H2,1H3. The second kappa shape index (κ2) is 7.13. The van der Waals surface area contributed by atoms with Gasteiger partial charge >= 0.3 is 0 Å². The Kier molecular flexibility index (Phi) is 4.70. The second-order valence-electron chi connectivity index (χ2n) is 7.20. The van der Waals surface area contributed by atoms with Crippen LogP contribution in [0.5, 0.6) is 0 Å². The van der Waals surface area contributed by atoms with Crippen LogP contribution in [0.25, 0.3) is 0 Å². The van der Waals surface area contributed by atoms with Gasteiger partial charge in [-0.1, -0.05) is 18.2 Å². The predicted octanol–water partition coefficient (Wildman–Crippen LogP) is 1.60. The van der Waals surface area contributed by atoms with E-state index >= 15 is 0 Å². The predicted molar refractivity (Wildman–Crippen MR) is 104 cm³/mol. The molecule has 1 aromatic carbocycles. The summed E-state index contributed by atoms with van der Waals surface area (Å²) in [4.78, 5) is 14.6. The van der Waals surface area contributed by atoms with Crippen molar-refractivity contribution in [1.29, 1.82) is 0 Å². The number of hydrogen-bond donors (Lipinski definition) is 3. The lowest BCUT2D eigenvalue weighted by atomic mass is 10.0. The number of rotatable bonds is 4. The monoisotopic (exact) mass is 354 g/mol. The van der Waals surface area contributed by atoms with Crippen molar-refractivity contribution in [3.8, 4) is 0 Å². The minimum absolute atomic E-state index is 0.0235. The third kappa shape index (κ3) is 3.22. The number of aliphatic hydroxyl groups is 1. The molecule has 3 N–H and O–H groups in total. The summed E-state index contributed by atoms with van der Waals surface area (Å²) in [5.41, 5.74) is 3.65. The summed E-state index contributed by atoms with van der Waals surface area (Å²) < 4.78 is 1.55. The third-order valence-corrected chi connectivity index (χ3v) is 5.50. The maximum atomic E-state index is 12.2. The van der Waals surface area contributed by atoms with Gasteiger partial charge in [0, 0.05) is 50.2 Å². The number of anilines is 2. The highest BCUT2D eigenvalue weighted by Gasteiger charge is 2.26. The molecule has 4 rings (SSSR count). The Bertz CT molecular complexity index is 826. The summed E-state index contributed by atoms with van der Waals surface area (Å²) in [7, 11) is 1.73. The van der Waals surface area contributed by atoms with Crippen molar-refractivity contribution >= 4 is 11.4 Å². The summed E-state index contributed by atoms with van der Waals surface area (Å²) in [6.07, 6.45) is 3.77. The molecule has 6 nitrogen and oxygen atoms in total. The van der Waals surface area contributed by atoms with E-state index < -0.39 is 6.23 Å². The van der Waals surface area contributed by atoms with E-state index in [0.717, 1.165) is 50.0 Å². The van der Waals surface area contributed by atoms with Gasteiger partial charge in [-0.25, -0.2) is 0 Å². The van der Waals surface area contributed by atoms with E-state index in [-0.39, 0.29) is 11.6 Å². The van der Waals surface area contributed by atoms with Gasteiger partial charge in [-0.2, -0.15) is 0 Å². The van der Waals surface area contributed by atoms with Gasteiger partial charge in [-0.3, -0.25) is 10.1 Å². The van der Waals surface area contributed by atoms with E-state index in [9.17, 15) is 9.90 Å². The fourth-order valence-electron chi connectivity index (χ4n) is 4.05. The lowest BCUT2D eigenvalue weighted by Crippen LogP contribution is -2.44. The molecular formula is C20H26N4O2. The topological polar surface area (TPSA) is 69.5 Å². The summed E-state index contributed by atoms with van der Waals surface area (Å²) in [5, 5.41) is 17.3. The lowest BCUT2D eigenvalue weighted by molar-refractivity contribution is 0.116. The van der Waals surface area contributed by atoms with Crippen LogP contribution in [-0.2, 0) is 13.5 Å². The van der Waals surface area contributed by atoms with Gasteiger partial charge in [-0.15, -0.1) is 0 Å². The minimum Gasteiger partial charge on any atom is -0.380 e. The van der Waals surface area contributed by atoms with Crippen LogP contribution in [0.15, 0.2) is 41.3 Å². The molecule has 0 bridgehead atoms. The molecule has 26 heavy (non-hydrogen) atoms. The van der Waals surface area contributed by atoms with Gasteiger partial charge in [0.15, 0.2) is 0 Å². The SMILES string of the molecule is Cn1cc(C(O)NC2CCN(c3ccccc3)CC2)c2c(c1=O)NCC2. The molecule has 0 amide bonds. The molecule has 1 fully saturated rings. The van der Waals surface area contributed by atoms with Crippen LogP contribution >= 0.6 is 0 Å². The average molecular weight is 354 g/mol. The van der Waals surface area contributed by atoms with Gasteiger partial charge in [0.25, 0.3) is 5.56 Å². The van der Waals surface area contributed by atoms with E-state index in [1.54, 1.807) is 17.8 Å². The smallest absolute Gasteiger partial charge is 0.273 e. The number of aryl methyl sites for hydroxylation is 1. The van der Waals surface area contributed by atoms with Crippen LogP contribution in [0.1, 0.15) is 30.2 Å². The van der Waals surface area contributed by atoms with Crippen LogP contribution in [-0.4, -0.2) is 35.3 Å². The molecule has 6 heteroatoms. The minimum atomic E-state index is -0.747. The number of piperidine rings is 1. The van der Waals surface area contributed by atoms with Gasteiger partial charge in [0.05, 0.1) is 0 Å². The highest BCUT2D eigenvalue weighted by atomic mass is 16.3. The summed E-state index contributed by atoms with van der Waals surface area (Å²) in [6.45, 7) is 2.70. The molecule has 0 aliphatic carbocycles. The Balaban J connectivity index is 1.42. The second-order valence-corrected chi connectivity index (χ2v) is 7.20. The number of para-hydroxylation sites is 1. The highest BCUT2D eigenvalue weighted by molar-refractivity contribution is 5.57. The Morgan fingerprint density at radius 1 is 1.23 bits per heavy atom. The molecule has 2 aromatic rings. The van der Waals surface area contributed by atoms with E-state index in [0.29, 0.717) is 5.69 Å². The Hall–Kier alpha value is -2.31. The van der Waals surface area contributed by atoms with Crippen molar-refractivity contribution in [2.24, 2.45) is 7.05 Å². The zero-order valence-electron chi connectivity index (χ0n) is 15.1. The van der Waals surface area contributed by atoms with Crippen molar-refractivity contribution in [3.05, 3.63) is 58.0 Å². The number of benzene rings is 1. The first kappa shape index (κ1) is 17.1. The van der Waals surface area contributed by atoms with Gasteiger partial charge in [0.2, 0.25) is 0 Å². The fraction of sp³-hybridized carbons (Fsp3) is 0.450. The van der Waals surface area contributed by atoms with Crippen LogP contribution in [0.3, 0.4) is 0 Å². The first-order valence-electron chi connectivity index (χ1n) is 9.34. The number of pyridine rings is 1. The van der Waals surface area contributed by atoms with Crippen LogP contribution in [0, 0.1) is 0 Å². The Morgan fingerprint density at radius 2 is 1.96 bits per heavy atom. The molecule has 2 aliphatic rings. The van der Waals surface area contributed by atoms with Crippen LogP contribution < -0.4 is 21.1 Å². The maximum absolute atomic E-state index is 12.2. The number of fused-ring (bicyclic) bond motifs is 1. The molecule has 138 valence electrons. The molecule has 1 saturated heterocycles. The third-order valence-electron chi connectivity index (χ3n) is 5.50. The fourth-order valence-corrected chi connectivity index (χ4v) is 4.05. The van der Waals surface area contributed by atoms with Crippen molar-refractivity contribution in [3.63, 3.8) is 0 Å². The first-order chi connectivity index (χ1) is 12.6. The molecular weight excluding hydrogens is 328 g/mol. The number of nitrogens with zero attached hydrogens (tertiary/aromatic N) is 2. The lowest BCUT2D eigenvalue weighted by Gasteiger charge is -2.35.